The van der Waals surface area contributed by atoms with E-state index < -0.39 is 0 Å². The summed E-state index contributed by atoms with van der Waals surface area (Å²) in [6.07, 6.45) is 2.09. The number of carbonyl (C=O) groups excluding carboxylic acids is 1. The number of rotatable bonds is 2. The summed E-state index contributed by atoms with van der Waals surface area (Å²) in [5.41, 5.74) is 0.715. The van der Waals surface area contributed by atoms with Crippen LogP contribution in [0.5, 0.6) is 0 Å². The van der Waals surface area contributed by atoms with Crippen LogP contribution in [0.4, 0.5) is 0 Å². The minimum absolute atomic E-state index is 0.145. The molecule has 2 heterocycles. The monoisotopic (exact) mass is 336 g/mol. The van der Waals surface area contributed by atoms with Gasteiger partial charge in [-0.2, -0.15) is 0 Å². The van der Waals surface area contributed by atoms with Gasteiger partial charge in [0.15, 0.2) is 5.76 Å². The zero-order valence-electron chi connectivity index (χ0n) is 11.3. The van der Waals surface area contributed by atoms with Gasteiger partial charge in [0, 0.05) is 17.5 Å². The molecule has 5 heteroatoms. The van der Waals surface area contributed by atoms with Crippen LogP contribution in [-0.4, -0.2) is 24.5 Å². The van der Waals surface area contributed by atoms with E-state index in [1.165, 1.54) is 0 Å². The first-order valence-corrected chi connectivity index (χ1v) is 7.67. The van der Waals surface area contributed by atoms with Crippen molar-refractivity contribution in [3.05, 3.63) is 34.5 Å². The van der Waals surface area contributed by atoms with Crippen LogP contribution in [0.3, 0.4) is 0 Å². The molecule has 1 saturated heterocycles. The Bertz CT molecular complexity index is 638. The Hall–Kier alpha value is -1.33. The SMILES string of the molecule is CC1NCCCC1NC(=O)c1cc2cccc(Br)c2o1. The summed E-state index contributed by atoms with van der Waals surface area (Å²) in [4.78, 5) is 12.3. The number of nitrogens with one attached hydrogen (secondary N) is 2. The van der Waals surface area contributed by atoms with Crippen molar-refractivity contribution in [2.24, 2.45) is 0 Å². The lowest BCUT2D eigenvalue weighted by atomic mass is 10.00. The fraction of sp³-hybridized carbons (Fsp3) is 0.400. The van der Waals surface area contributed by atoms with Crippen molar-refractivity contribution in [2.75, 3.05) is 6.54 Å². The van der Waals surface area contributed by atoms with Crippen LogP contribution in [0, 0.1) is 0 Å². The summed E-state index contributed by atoms with van der Waals surface area (Å²) in [6, 6.07) is 8.01. The molecular weight excluding hydrogens is 320 g/mol. The Morgan fingerprint density at radius 2 is 2.35 bits per heavy atom. The van der Waals surface area contributed by atoms with E-state index in [1.54, 1.807) is 6.07 Å². The van der Waals surface area contributed by atoms with Gasteiger partial charge in [0.25, 0.3) is 5.91 Å². The Morgan fingerprint density at radius 1 is 1.50 bits per heavy atom. The topological polar surface area (TPSA) is 54.3 Å². The largest absolute Gasteiger partial charge is 0.450 e. The van der Waals surface area contributed by atoms with Gasteiger partial charge in [-0.3, -0.25) is 4.79 Å². The molecule has 0 aliphatic carbocycles. The van der Waals surface area contributed by atoms with Gasteiger partial charge < -0.3 is 15.1 Å². The van der Waals surface area contributed by atoms with Crippen molar-refractivity contribution in [1.29, 1.82) is 0 Å². The van der Waals surface area contributed by atoms with Crippen LogP contribution in [0.25, 0.3) is 11.0 Å². The maximum absolute atomic E-state index is 12.3. The van der Waals surface area contributed by atoms with Gasteiger partial charge in [-0.1, -0.05) is 12.1 Å². The third-order valence-electron chi connectivity index (χ3n) is 3.80. The molecule has 1 aromatic carbocycles. The lowest BCUT2D eigenvalue weighted by Gasteiger charge is -2.30. The lowest BCUT2D eigenvalue weighted by molar-refractivity contribution is 0.0894. The molecule has 1 amide bonds. The molecule has 2 N–H and O–H groups in total. The van der Waals surface area contributed by atoms with Crippen molar-refractivity contribution in [3.63, 3.8) is 0 Å². The zero-order valence-corrected chi connectivity index (χ0v) is 12.9. The van der Waals surface area contributed by atoms with E-state index in [4.69, 9.17) is 4.42 Å². The predicted octanol–water partition coefficient (Wildman–Crippen LogP) is 3.07. The normalized spacial score (nSPS) is 22.9. The number of carbonyl (C=O) groups is 1. The highest BCUT2D eigenvalue weighted by molar-refractivity contribution is 9.10. The van der Waals surface area contributed by atoms with Gasteiger partial charge in [-0.25, -0.2) is 0 Å². The van der Waals surface area contributed by atoms with Gasteiger partial charge in [-0.15, -0.1) is 0 Å². The highest BCUT2D eigenvalue weighted by atomic mass is 79.9. The van der Waals surface area contributed by atoms with Gasteiger partial charge in [0.05, 0.1) is 4.47 Å². The third-order valence-corrected chi connectivity index (χ3v) is 4.42. The second-order valence-corrected chi connectivity index (χ2v) is 6.09. The third kappa shape index (κ3) is 2.60. The summed E-state index contributed by atoms with van der Waals surface area (Å²) in [7, 11) is 0. The maximum atomic E-state index is 12.3. The van der Waals surface area contributed by atoms with Crippen LogP contribution in [-0.2, 0) is 0 Å². The van der Waals surface area contributed by atoms with Gasteiger partial charge in [0.1, 0.15) is 5.58 Å². The molecule has 0 bridgehead atoms. The van der Waals surface area contributed by atoms with Crippen molar-refractivity contribution in [3.8, 4) is 0 Å². The van der Waals surface area contributed by atoms with E-state index in [1.807, 2.05) is 18.2 Å². The van der Waals surface area contributed by atoms with Crippen LogP contribution < -0.4 is 10.6 Å². The first kappa shape index (κ1) is 13.6. The van der Waals surface area contributed by atoms with E-state index in [0.717, 1.165) is 29.2 Å². The molecule has 2 unspecified atom stereocenters. The molecule has 2 atom stereocenters. The molecule has 2 aromatic rings. The van der Waals surface area contributed by atoms with E-state index in [2.05, 4.69) is 33.5 Å². The molecule has 0 saturated carbocycles. The first-order valence-electron chi connectivity index (χ1n) is 6.87. The summed E-state index contributed by atoms with van der Waals surface area (Å²) >= 11 is 3.43. The number of halogens is 1. The molecule has 106 valence electrons. The maximum Gasteiger partial charge on any atom is 0.287 e. The molecule has 0 spiro atoms. The molecule has 1 fully saturated rings. The summed E-state index contributed by atoms with van der Waals surface area (Å²) in [5, 5.41) is 7.36. The average molecular weight is 337 g/mol. The molecule has 20 heavy (non-hydrogen) atoms. The molecule has 0 radical (unpaired) electrons. The Balaban J connectivity index is 1.80. The number of piperidine rings is 1. The van der Waals surface area contributed by atoms with E-state index in [0.29, 0.717) is 17.4 Å². The number of hydrogen-bond donors (Lipinski definition) is 2. The predicted molar refractivity (Wildman–Crippen MR) is 81.9 cm³/mol. The first-order chi connectivity index (χ1) is 9.65. The number of fused-ring (bicyclic) bond motifs is 1. The highest BCUT2D eigenvalue weighted by Gasteiger charge is 2.24. The Kier molecular flexibility index (Phi) is 3.81. The Labute approximate surface area is 126 Å². The quantitative estimate of drug-likeness (QED) is 0.886. The van der Waals surface area contributed by atoms with Crippen LogP contribution in [0.1, 0.15) is 30.3 Å². The second kappa shape index (κ2) is 5.58. The molecule has 4 nitrogen and oxygen atoms in total. The highest BCUT2D eigenvalue weighted by Crippen LogP contribution is 2.27. The zero-order chi connectivity index (χ0) is 14.1. The standard InChI is InChI=1S/C15H17BrN2O2/c1-9-12(6-3-7-17-9)18-15(19)13-8-10-4-2-5-11(16)14(10)20-13/h2,4-5,8-9,12,17H,3,6-7H2,1H3,(H,18,19). The van der Waals surface area contributed by atoms with Gasteiger partial charge >= 0.3 is 0 Å². The van der Waals surface area contributed by atoms with Crippen molar-refractivity contribution in [1.82, 2.24) is 10.6 Å². The molecule has 1 aliphatic heterocycles. The van der Waals surface area contributed by atoms with Gasteiger partial charge in [-0.05, 0) is 54.4 Å². The summed E-state index contributed by atoms with van der Waals surface area (Å²) in [5.74, 6) is 0.221. The number of amides is 1. The minimum Gasteiger partial charge on any atom is -0.450 e. The average Bonchev–Trinajstić information content (AvgIpc) is 2.87. The van der Waals surface area contributed by atoms with E-state index >= 15 is 0 Å². The second-order valence-electron chi connectivity index (χ2n) is 5.23. The van der Waals surface area contributed by atoms with E-state index in [9.17, 15) is 4.79 Å². The van der Waals surface area contributed by atoms with Crippen molar-refractivity contribution >= 4 is 32.8 Å². The van der Waals surface area contributed by atoms with Crippen LogP contribution in [0.2, 0.25) is 0 Å². The summed E-state index contributed by atoms with van der Waals surface area (Å²) < 4.78 is 6.52. The molecular formula is C15H17BrN2O2. The van der Waals surface area contributed by atoms with Crippen LogP contribution in [0.15, 0.2) is 33.2 Å². The van der Waals surface area contributed by atoms with Crippen molar-refractivity contribution in [2.45, 2.75) is 31.8 Å². The van der Waals surface area contributed by atoms with Gasteiger partial charge in [0.2, 0.25) is 0 Å². The van der Waals surface area contributed by atoms with Crippen LogP contribution >= 0.6 is 15.9 Å². The lowest BCUT2D eigenvalue weighted by Crippen LogP contribution is -2.51. The van der Waals surface area contributed by atoms with Crippen molar-refractivity contribution < 1.29 is 9.21 Å². The minimum atomic E-state index is -0.145. The number of benzene rings is 1. The number of para-hydroxylation sites is 1. The smallest absolute Gasteiger partial charge is 0.287 e. The number of hydrogen-bond acceptors (Lipinski definition) is 3. The molecule has 3 rings (SSSR count). The fourth-order valence-corrected chi connectivity index (χ4v) is 3.08. The fourth-order valence-electron chi connectivity index (χ4n) is 2.62. The van der Waals surface area contributed by atoms with E-state index in [-0.39, 0.29) is 11.9 Å². The Morgan fingerprint density at radius 3 is 3.10 bits per heavy atom. The number of furan rings is 1. The summed E-state index contributed by atoms with van der Waals surface area (Å²) in [6.45, 7) is 3.12. The molecule has 1 aromatic heterocycles. The molecule has 1 aliphatic rings.